The van der Waals surface area contributed by atoms with Crippen molar-refractivity contribution >= 4 is 26.7 Å². The van der Waals surface area contributed by atoms with Crippen LogP contribution in [0.4, 0.5) is 4.39 Å². The zero-order valence-corrected chi connectivity index (χ0v) is 20.1. The molecule has 176 valence electrons. The van der Waals surface area contributed by atoms with Gasteiger partial charge in [-0.3, -0.25) is 4.79 Å². The highest BCUT2D eigenvalue weighted by Crippen LogP contribution is 2.21. The van der Waals surface area contributed by atoms with Gasteiger partial charge < -0.3 is 10.2 Å². The van der Waals surface area contributed by atoms with Gasteiger partial charge in [-0.15, -0.1) is 0 Å². The van der Waals surface area contributed by atoms with E-state index in [0.29, 0.717) is 0 Å². The van der Waals surface area contributed by atoms with Crippen LogP contribution in [0.15, 0.2) is 71.6 Å². The molecule has 0 spiro atoms. The smallest absolute Gasteiger partial charge is 0.241 e. The molecule has 0 heterocycles. The van der Waals surface area contributed by atoms with Crippen LogP contribution in [-0.4, -0.2) is 45.9 Å². The average Bonchev–Trinajstić information content (AvgIpc) is 2.77. The number of nitrogens with one attached hydrogen (secondary N) is 2. The fraction of sp³-hybridized carbons (Fsp3) is 0.320. The molecule has 2 N–H and O–H groups in total. The summed E-state index contributed by atoms with van der Waals surface area (Å²) in [6.07, 6.45) is 0. The Morgan fingerprint density at radius 2 is 1.67 bits per heavy atom. The van der Waals surface area contributed by atoms with E-state index in [-0.39, 0.29) is 29.2 Å². The highest BCUT2D eigenvalue weighted by molar-refractivity contribution is 7.89. The summed E-state index contributed by atoms with van der Waals surface area (Å²) in [5.74, 6) is -1.07. The number of sulfonamides is 1. The van der Waals surface area contributed by atoms with Gasteiger partial charge in [0.2, 0.25) is 15.9 Å². The topological polar surface area (TPSA) is 78.5 Å². The molecular weight excluding hydrogens is 441 g/mol. The molecule has 0 saturated heterocycles. The highest BCUT2D eigenvalue weighted by atomic mass is 32.2. The normalized spacial score (nSPS) is 13.9. The molecule has 0 saturated carbocycles. The fourth-order valence-electron chi connectivity index (χ4n) is 3.68. The van der Waals surface area contributed by atoms with Crippen molar-refractivity contribution in [3.63, 3.8) is 0 Å². The molecule has 0 aliphatic rings. The van der Waals surface area contributed by atoms with E-state index in [1.807, 2.05) is 43.3 Å². The van der Waals surface area contributed by atoms with E-state index in [0.717, 1.165) is 16.3 Å². The van der Waals surface area contributed by atoms with Gasteiger partial charge in [0.15, 0.2) is 0 Å². The number of nitrogens with zero attached hydrogens (tertiary/aromatic N) is 1. The quantitative estimate of drug-likeness (QED) is 0.499. The predicted molar refractivity (Wildman–Crippen MR) is 129 cm³/mol. The van der Waals surface area contributed by atoms with Crippen molar-refractivity contribution in [3.05, 3.63) is 78.1 Å². The van der Waals surface area contributed by atoms with Crippen LogP contribution in [0.5, 0.6) is 0 Å². The molecule has 2 atom stereocenters. The van der Waals surface area contributed by atoms with E-state index in [4.69, 9.17) is 0 Å². The Kier molecular flexibility index (Phi) is 7.84. The van der Waals surface area contributed by atoms with E-state index in [2.05, 4.69) is 10.0 Å². The van der Waals surface area contributed by atoms with Crippen LogP contribution in [0.3, 0.4) is 0 Å². The van der Waals surface area contributed by atoms with Crippen molar-refractivity contribution in [2.24, 2.45) is 5.92 Å². The third kappa shape index (κ3) is 6.16. The third-order valence-electron chi connectivity index (χ3n) is 5.59. The number of halogens is 1. The van der Waals surface area contributed by atoms with Gasteiger partial charge in [-0.25, -0.2) is 12.8 Å². The van der Waals surface area contributed by atoms with Crippen LogP contribution in [0, 0.1) is 11.7 Å². The lowest BCUT2D eigenvalue weighted by Crippen LogP contribution is -2.50. The second kappa shape index (κ2) is 10.4. The SMILES string of the molecule is CC(C)C(NS(=O)(=O)c1ccc2ccccc2c1)C(=O)NCC(c1cccc(F)c1)N(C)C. The highest BCUT2D eigenvalue weighted by Gasteiger charge is 2.29. The first-order valence-corrected chi connectivity index (χ1v) is 12.3. The Morgan fingerprint density at radius 3 is 2.30 bits per heavy atom. The Hall–Kier alpha value is -2.81. The Labute approximate surface area is 194 Å². The monoisotopic (exact) mass is 471 g/mol. The summed E-state index contributed by atoms with van der Waals surface area (Å²) in [6.45, 7) is 3.77. The first-order chi connectivity index (χ1) is 15.6. The summed E-state index contributed by atoms with van der Waals surface area (Å²) in [7, 11) is -0.250. The minimum absolute atomic E-state index is 0.102. The molecule has 0 aliphatic heterocycles. The van der Waals surface area contributed by atoms with Crippen molar-refractivity contribution in [1.82, 2.24) is 14.9 Å². The van der Waals surface area contributed by atoms with E-state index in [9.17, 15) is 17.6 Å². The molecule has 33 heavy (non-hydrogen) atoms. The molecule has 3 aromatic rings. The third-order valence-corrected chi connectivity index (χ3v) is 7.03. The molecule has 6 nitrogen and oxygen atoms in total. The van der Waals surface area contributed by atoms with Gasteiger partial charge in [0.25, 0.3) is 0 Å². The zero-order chi connectivity index (χ0) is 24.2. The minimum atomic E-state index is -3.92. The first kappa shape index (κ1) is 24.8. The zero-order valence-electron chi connectivity index (χ0n) is 19.2. The lowest BCUT2D eigenvalue weighted by molar-refractivity contribution is -0.123. The molecule has 3 aromatic carbocycles. The average molecular weight is 472 g/mol. The van der Waals surface area contributed by atoms with Crippen molar-refractivity contribution < 1.29 is 17.6 Å². The summed E-state index contributed by atoms with van der Waals surface area (Å²) >= 11 is 0. The Balaban J connectivity index is 1.76. The predicted octanol–water partition coefficient (Wildman–Crippen LogP) is 3.70. The Bertz CT molecular complexity index is 1230. The van der Waals surface area contributed by atoms with Crippen LogP contribution in [0.25, 0.3) is 10.8 Å². The van der Waals surface area contributed by atoms with Gasteiger partial charge >= 0.3 is 0 Å². The van der Waals surface area contributed by atoms with Crippen LogP contribution in [0.1, 0.15) is 25.5 Å². The lowest BCUT2D eigenvalue weighted by Gasteiger charge is -2.27. The van der Waals surface area contributed by atoms with E-state index < -0.39 is 22.0 Å². The maximum absolute atomic E-state index is 13.7. The Morgan fingerprint density at radius 1 is 0.970 bits per heavy atom. The van der Waals surface area contributed by atoms with Crippen LogP contribution < -0.4 is 10.0 Å². The molecule has 0 aromatic heterocycles. The molecule has 8 heteroatoms. The summed E-state index contributed by atoms with van der Waals surface area (Å²) in [4.78, 5) is 15.0. The molecule has 1 amide bonds. The number of amides is 1. The number of hydrogen-bond donors (Lipinski definition) is 2. The largest absolute Gasteiger partial charge is 0.353 e. The van der Waals surface area contributed by atoms with Crippen molar-refractivity contribution in [1.29, 1.82) is 0 Å². The van der Waals surface area contributed by atoms with Crippen molar-refractivity contribution in [3.8, 4) is 0 Å². The number of likely N-dealkylation sites (N-methyl/N-ethyl adjacent to an activating group) is 1. The second-order valence-electron chi connectivity index (χ2n) is 8.63. The van der Waals surface area contributed by atoms with Crippen molar-refractivity contribution in [2.45, 2.75) is 30.8 Å². The number of fused-ring (bicyclic) bond motifs is 1. The van der Waals surface area contributed by atoms with Gasteiger partial charge in [0, 0.05) is 6.54 Å². The summed E-state index contributed by atoms with van der Waals surface area (Å²) in [6, 6.07) is 17.3. The fourth-order valence-corrected chi connectivity index (χ4v) is 5.06. The van der Waals surface area contributed by atoms with E-state index in [1.54, 1.807) is 38.1 Å². The van der Waals surface area contributed by atoms with Crippen LogP contribution in [0.2, 0.25) is 0 Å². The second-order valence-corrected chi connectivity index (χ2v) is 10.3. The molecule has 0 bridgehead atoms. The molecular formula is C25H30FN3O3S. The maximum Gasteiger partial charge on any atom is 0.241 e. The van der Waals surface area contributed by atoms with Gasteiger partial charge in [-0.2, -0.15) is 4.72 Å². The molecule has 3 rings (SSSR count). The molecule has 0 radical (unpaired) electrons. The minimum Gasteiger partial charge on any atom is -0.353 e. The molecule has 0 fully saturated rings. The maximum atomic E-state index is 13.7. The number of carbonyl (C=O) groups is 1. The summed E-state index contributed by atoms with van der Waals surface area (Å²) in [5.41, 5.74) is 0.721. The molecule has 2 unspecified atom stereocenters. The summed E-state index contributed by atoms with van der Waals surface area (Å²) in [5, 5.41) is 4.57. The van der Waals surface area contributed by atoms with Gasteiger partial charge in [-0.1, -0.05) is 56.3 Å². The van der Waals surface area contributed by atoms with Crippen LogP contribution in [-0.2, 0) is 14.8 Å². The first-order valence-electron chi connectivity index (χ1n) is 10.8. The van der Waals surface area contributed by atoms with Crippen LogP contribution >= 0.6 is 0 Å². The summed E-state index contributed by atoms with van der Waals surface area (Å²) < 4.78 is 42.4. The van der Waals surface area contributed by atoms with Crippen molar-refractivity contribution in [2.75, 3.05) is 20.6 Å². The van der Waals surface area contributed by atoms with Gasteiger partial charge in [-0.05, 0) is 60.6 Å². The number of hydrogen-bond acceptors (Lipinski definition) is 4. The number of benzene rings is 3. The lowest BCUT2D eigenvalue weighted by atomic mass is 10.0. The van der Waals surface area contributed by atoms with Gasteiger partial charge in [0.05, 0.1) is 10.9 Å². The number of rotatable bonds is 9. The van der Waals surface area contributed by atoms with E-state index in [1.165, 1.54) is 18.2 Å². The van der Waals surface area contributed by atoms with Gasteiger partial charge in [0.1, 0.15) is 11.9 Å². The molecule has 0 aliphatic carbocycles. The van der Waals surface area contributed by atoms with E-state index >= 15 is 0 Å². The standard InChI is InChI=1S/C25H30FN3O3S/c1-17(2)24(25(30)27-16-23(29(3)4)20-10-7-11-21(26)14-20)28-33(31,32)22-13-12-18-8-5-6-9-19(18)15-22/h5-15,17,23-24,28H,16H2,1-4H3,(H,27,30). The number of carbonyl (C=O) groups excluding carboxylic acids is 1.